The molecule has 1 aliphatic heterocycles. The van der Waals surface area contributed by atoms with Crippen LogP contribution in [0.5, 0.6) is 0 Å². The number of sulfonamides is 1. The molecule has 0 amide bonds. The Kier molecular flexibility index (Phi) is 2.41. The molecule has 4 nitrogen and oxygen atoms in total. The molecule has 0 atom stereocenters. The molecular formula is C12H16N2O2S. The summed E-state index contributed by atoms with van der Waals surface area (Å²) in [5.41, 5.74) is 8.80. The van der Waals surface area contributed by atoms with Gasteiger partial charge in [-0.05, 0) is 36.5 Å². The zero-order chi connectivity index (χ0) is 12.0. The Labute approximate surface area is 101 Å². The standard InChI is InChI=1S/C12H16N2O2S/c13-12-3-1-2-9-6-7-14(8-11(9)12)17(15,16)10-4-5-10/h1-3,10H,4-8,13H2. The molecule has 0 radical (unpaired) electrons. The molecule has 1 aliphatic carbocycles. The third-order valence-electron chi connectivity index (χ3n) is 3.58. The van der Waals surface area contributed by atoms with Crippen LogP contribution in [0.3, 0.4) is 0 Å². The van der Waals surface area contributed by atoms with Crippen LogP contribution in [0.15, 0.2) is 18.2 Å². The van der Waals surface area contributed by atoms with Gasteiger partial charge in [-0.25, -0.2) is 8.42 Å². The van der Waals surface area contributed by atoms with Gasteiger partial charge in [0.25, 0.3) is 0 Å². The van der Waals surface area contributed by atoms with Crippen molar-refractivity contribution in [3.63, 3.8) is 0 Å². The first kappa shape index (κ1) is 11.0. The van der Waals surface area contributed by atoms with Gasteiger partial charge in [0, 0.05) is 18.8 Å². The van der Waals surface area contributed by atoms with E-state index in [9.17, 15) is 8.42 Å². The van der Waals surface area contributed by atoms with Gasteiger partial charge < -0.3 is 5.73 Å². The Morgan fingerprint density at radius 2 is 2.06 bits per heavy atom. The molecule has 3 rings (SSSR count). The largest absolute Gasteiger partial charge is 0.398 e. The highest BCUT2D eigenvalue weighted by Crippen LogP contribution is 2.34. The lowest BCUT2D eigenvalue weighted by atomic mass is 10.00. The first-order chi connectivity index (χ1) is 8.09. The van der Waals surface area contributed by atoms with E-state index >= 15 is 0 Å². The van der Waals surface area contributed by atoms with Crippen molar-refractivity contribution >= 4 is 15.7 Å². The van der Waals surface area contributed by atoms with E-state index < -0.39 is 10.0 Å². The van der Waals surface area contributed by atoms with Crippen LogP contribution in [-0.2, 0) is 23.0 Å². The van der Waals surface area contributed by atoms with E-state index in [2.05, 4.69) is 0 Å². The van der Waals surface area contributed by atoms with Crippen LogP contribution >= 0.6 is 0 Å². The maximum absolute atomic E-state index is 12.2. The SMILES string of the molecule is Nc1cccc2c1CN(S(=O)(=O)C1CC1)CC2. The minimum atomic E-state index is -3.07. The molecule has 1 heterocycles. The topological polar surface area (TPSA) is 63.4 Å². The van der Waals surface area contributed by atoms with Gasteiger partial charge in [-0.1, -0.05) is 12.1 Å². The van der Waals surface area contributed by atoms with Crippen molar-refractivity contribution in [2.75, 3.05) is 12.3 Å². The van der Waals surface area contributed by atoms with Crippen LogP contribution < -0.4 is 5.73 Å². The summed E-state index contributed by atoms with van der Waals surface area (Å²) < 4.78 is 25.9. The molecule has 1 saturated carbocycles. The molecule has 2 N–H and O–H groups in total. The molecule has 0 spiro atoms. The van der Waals surface area contributed by atoms with Crippen molar-refractivity contribution in [2.45, 2.75) is 31.1 Å². The Hall–Kier alpha value is -1.07. The van der Waals surface area contributed by atoms with Crippen LogP contribution in [0, 0.1) is 0 Å². The van der Waals surface area contributed by atoms with E-state index in [-0.39, 0.29) is 5.25 Å². The second-order valence-electron chi connectivity index (χ2n) is 4.81. The van der Waals surface area contributed by atoms with E-state index in [1.54, 1.807) is 4.31 Å². The molecule has 0 aromatic heterocycles. The van der Waals surface area contributed by atoms with Crippen molar-refractivity contribution in [3.05, 3.63) is 29.3 Å². The molecule has 1 aromatic rings. The number of anilines is 1. The average Bonchev–Trinajstić information content (AvgIpc) is 3.13. The van der Waals surface area contributed by atoms with Crippen LogP contribution in [0.25, 0.3) is 0 Å². The number of nitrogens with zero attached hydrogens (tertiary/aromatic N) is 1. The summed E-state index contributed by atoms with van der Waals surface area (Å²) in [6, 6.07) is 5.80. The predicted molar refractivity (Wildman–Crippen MR) is 66.9 cm³/mol. The van der Waals surface area contributed by atoms with Gasteiger partial charge in [0.2, 0.25) is 10.0 Å². The first-order valence-corrected chi connectivity index (χ1v) is 7.44. The van der Waals surface area contributed by atoms with E-state index in [4.69, 9.17) is 5.73 Å². The summed E-state index contributed by atoms with van der Waals surface area (Å²) in [5.74, 6) is 0. The normalized spacial score (nSPS) is 21.2. The number of rotatable bonds is 2. The lowest BCUT2D eigenvalue weighted by molar-refractivity contribution is 0.391. The fourth-order valence-electron chi connectivity index (χ4n) is 2.38. The first-order valence-electron chi connectivity index (χ1n) is 5.94. The van der Waals surface area contributed by atoms with E-state index in [1.165, 1.54) is 5.56 Å². The number of nitrogen functional groups attached to an aromatic ring is 1. The van der Waals surface area contributed by atoms with Crippen molar-refractivity contribution < 1.29 is 8.42 Å². The van der Waals surface area contributed by atoms with Gasteiger partial charge in [-0.3, -0.25) is 0 Å². The Morgan fingerprint density at radius 1 is 1.29 bits per heavy atom. The monoisotopic (exact) mass is 252 g/mol. The highest BCUT2D eigenvalue weighted by molar-refractivity contribution is 7.90. The van der Waals surface area contributed by atoms with Crippen LogP contribution in [0.4, 0.5) is 5.69 Å². The van der Waals surface area contributed by atoms with Gasteiger partial charge in [0.05, 0.1) is 5.25 Å². The van der Waals surface area contributed by atoms with E-state index in [0.29, 0.717) is 18.8 Å². The number of fused-ring (bicyclic) bond motifs is 1. The molecule has 92 valence electrons. The van der Waals surface area contributed by atoms with Gasteiger partial charge >= 0.3 is 0 Å². The van der Waals surface area contributed by atoms with Crippen LogP contribution in [0.1, 0.15) is 24.0 Å². The number of hydrogen-bond donors (Lipinski definition) is 1. The molecule has 0 saturated heterocycles. The third kappa shape index (κ3) is 1.83. The zero-order valence-electron chi connectivity index (χ0n) is 9.59. The number of benzene rings is 1. The Balaban J connectivity index is 1.92. The summed E-state index contributed by atoms with van der Waals surface area (Å²) >= 11 is 0. The lowest BCUT2D eigenvalue weighted by Gasteiger charge is -2.28. The molecular weight excluding hydrogens is 236 g/mol. The maximum Gasteiger partial charge on any atom is 0.217 e. The van der Waals surface area contributed by atoms with Gasteiger partial charge in [-0.15, -0.1) is 0 Å². The minimum Gasteiger partial charge on any atom is -0.398 e. The fraction of sp³-hybridized carbons (Fsp3) is 0.500. The quantitative estimate of drug-likeness (QED) is 0.802. The highest BCUT2D eigenvalue weighted by Gasteiger charge is 2.41. The molecule has 17 heavy (non-hydrogen) atoms. The van der Waals surface area contributed by atoms with E-state index in [1.807, 2.05) is 18.2 Å². The molecule has 0 unspecified atom stereocenters. The van der Waals surface area contributed by atoms with Gasteiger partial charge in [-0.2, -0.15) is 4.31 Å². The van der Waals surface area contributed by atoms with Crippen molar-refractivity contribution in [1.29, 1.82) is 0 Å². The third-order valence-corrected chi connectivity index (χ3v) is 5.93. The lowest BCUT2D eigenvalue weighted by Crippen LogP contribution is -2.38. The molecule has 2 aliphatic rings. The summed E-state index contributed by atoms with van der Waals surface area (Å²) in [6.07, 6.45) is 2.40. The Bertz CT molecular complexity index is 550. The molecule has 1 fully saturated rings. The smallest absolute Gasteiger partial charge is 0.217 e. The van der Waals surface area contributed by atoms with Crippen LogP contribution in [0.2, 0.25) is 0 Å². The van der Waals surface area contributed by atoms with Crippen LogP contribution in [-0.4, -0.2) is 24.5 Å². The van der Waals surface area contributed by atoms with Gasteiger partial charge in [0.1, 0.15) is 0 Å². The minimum absolute atomic E-state index is 0.131. The highest BCUT2D eigenvalue weighted by atomic mass is 32.2. The molecule has 1 aromatic carbocycles. The summed E-state index contributed by atoms with van der Waals surface area (Å²) in [6.45, 7) is 1.04. The van der Waals surface area contributed by atoms with Crippen molar-refractivity contribution in [1.82, 2.24) is 4.31 Å². The van der Waals surface area contributed by atoms with Gasteiger partial charge in [0.15, 0.2) is 0 Å². The maximum atomic E-state index is 12.2. The molecule has 0 bridgehead atoms. The summed E-state index contributed by atoms with van der Waals surface area (Å²) in [4.78, 5) is 0. The second-order valence-corrected chi connectivity index (χ2v) is 7.03. The summed E-state index contributed by atoms with van der Waals surface area (Å²) in [7, 11) is -3.07. The predicted octanol–water partition coefficient (Wildman–Crippen LogP) is 1.12. The van der Waals surface area contributed by atoms with Crippen molar-refractivity contribution in [2.24, 2.45) is 0 Å². The van der Waals surface area contributed by atoms with E-state index in [0.717, 1.165) is 24.8 Å². The zero-order valence-corrected chi connectivity index (χ0v) is 10.4. The Morgan fingerprint density at radius 3 is 2.76 bits per heavy atom. The second kappa shape index (κ2) is 3.71. The van der Waals surface area contributed by atoms with Crippen molar-refractivity contribution in [3.8, 4) is 0 Å². The average molecular weight is 252 g/mol. The number of hydrogen-bond acceptors (Lipinski definition) is 3. The number of nitrogens with two attached hydrogens (primary N) is 1. The molecule has 5 heteroatoms. The summed E-state index contributed by atoms with van der Waals surface area (Å²) in [5, 5.41) is -0.131. The fourth-order valence-corrected chi connectivity index (χ4v) is 4.18.